The second-order valence-corrected chi connectivity index (χ2v) is 10.5. The van der Waals surface area contributed by atoms with Gasteiger partial charge in [-0.2, -0.15) is 0 Å². The van der Waals surface area contributed by atoms with Crippen molar-refractivity contribution in [1.82, 2.24) is 10.6 Å². The highest BCUT2D eigenvalue weighted by Gasteiger charge is 2.35. The molecule has 220 valence electrons. The van der Waals surface area contributed by atoms with Crippen LogP contribution < -0.4 is 27.8 Å². The molecule has 11 heteroatoms. The molecule has 0 bridgehead atoms. The third kappa shape index (κ3) is 9.63. The van der Waals surface area contributed by atoms with Crippen LogP contribution in [0.5, 0.6) is 0 Å². The van der Waals surface area contributed by atoms with Crippen LogP contribution in [0, 0.1) is 11.3 Å². The molecule has 11 nitrogen and oxygen atoms in total. The van der Waals surface area contributed by atoms with Crippen LogP contribution in [0.2, 0.25) is 0 Å². The third-order valence-corrected chi connectivity index (χ3v) is 7.48. The number of rotatable bonds is 14. The van der Waals surface area contributed by atoms with Gasteiger partial charge in [0.05, 0.1) is 5.92 Å². The summed E-state index contributed by atoms with van der Waals surface area (Å²) in [4.78, 5) is 43.2. The minimum absolute atomic E-state index is 0.0360. The first-order chi connectivity index (χ1) is 19.7. The van der Waals surface area contributed by atoms with Gasteiger partial charge in [0.2, 0.25) is 11.8 Å². The summed E-state index contributed by atoms with van der Waals surface area (Å²) >= 11 is 0. The molecule has 0 heterocycles. The van der Waals surface area contributed by atoms with E-state index in [1.165, 1.54) is 0 Å². The van der Waals surface area contributed by atoms with E-state index in [0.717, 1.165) is 43.2 Å². The highest BCUT2D eigenvalue weighted by molar-refractivity contribution is 5.95. The molecule has 1 saturated carbocycles. The molecule has 0 spiro atoms. The van der Waals surface area contributed by atoms with Crippen molar-refractivity contribution in [3.8, 4) is 0 Å². The molecule has 3 rings (SSSR count). The number of nitrogen functional groups attached to an aromatic ring is 1. The molecule has 1 fully saturated rings. The summed E-state index contributed by atoms with van der Waals surface area (Å²) < 4.78 is 0. The van der Waals surface area contributed by atoms with Crippen molar-refractivity contribution in [2.24, 2.45) is 28.1 Å². The van der Waals surface area contributed by atoms with Crippen LogP contribution >= 0.6 is 0 Å². The van der Waals surface area contributed by atoms with Gasteiger partial charge in [0.1, 0.15) is 17.9 Å². The van der Waals surface area contributed by atoms with Gasteiger partial charge in [-0.25, -0.2) is 4.79 Å². The Kier molecular flexibility index (Phi) is 11.7. The van der Waals surface area contributed by atoms with Gasteiger partial charge in [0.15, 0.2) is 5.96 Å². The smallest absolute Gasteiger partial charge is 0.326 e. The second-order valence-electron chi connectivity index (χ2n) is 10.5. The van der Waals surface area contributed by atoms with Crippen molar-refractivity contribution >= 4 is 29.6 Å². The monoisotopic (exact) mass is 563 g/mol. The summed E-state index contributed by atoms with van der Waals surface area (Å²) in [6.45, 7) is 0.247. The highest BCUT2D eigenvalue weighted by Crippen LogP contribution is 2.28. The number of hydrogen-bond acceptors (Lipinski definition) is 5. The Labute approximate surface area is 240 Å². The lowest BCUT2D eigenvalue weighted by molar-refractivity contribution is -0.142. The van der Waals surface area contributed by atoms with E-state index < -0.39 is 29.9 Å². The second kappa shape index (κ2) is 15.4. The lowest BCUT2D eigenvalue weighted by atomic mass is 9.82. The molecule has 2 aromatic carbocycles. The standard InChI is InChI=1S/C30H41N7O4/c31-26(32)22-15-13-19(14-16-22)18-23(20-8-3-1-4-9-20)27(38)37-25(21-10-5-2-6-11-21)28(39)36-24(29(40)41)12-7-17-35-30(33)34/h1,3-4,8-9,13-16,21,23-25H,2,5-7,10-12,17-18H2,(H3,31,32)(H,36,39)(H,37,38)(H,40,41)(H4,33,34,35)/t23?,24-,25-/m0/s1. The summed E-state index contributed by atoms with van der Waals surface area (Å²) in [6.07, 6.45) is 5.36. The SMILES string of the molecule is N=C(N)c1ccc(CC(C(=O)N[C@H](C(=O)N[C@@H](CCCN=C(N)N)C(=O)O)C2CCCCC2)c2ccccc2)cc1. The number of carboxylic acid groups (broad SMARTS) is 1. The molecule has 0 aliphatic heterocycles. The molecule has 0 aromatic heterocycles. The molecule has 1 aliphatic rings. The van der Waals surface area contributed by atoms with Gasteiger partial charge in [-0.1, -0.05) is 73.9 Å². The van der Waals surface area contributed by atoms with Crippen LogP contribution in [0.4, 0.5) is 0 Å². The quantitative estimate of drug-likeness (QED) is 0.103. The Morgan fingerprint density at radius 2 is 1.59 bits per heavy atom. The van der Waals surface area contributed by atoms with Crippen molar-refractivity contribution in [3.05, 3.63) is 71.3 Å². The lowest BCUT2D eigenvalue weighted by Gasteiger charge is -2.32. The molecule has 2 aromatic rings. The maximum absolute atomic E-state index is 13.9. The number of aliphatic imine (C=N–C) groups is 1. The summed E-state index contributed by atoms with van der Waals surface area (Å²) in [5, 5.41) is 23.0. The molecule has 3 atom stereocenters. The van der Waals surface area contributed by atoms with Gasteiger partial charge in [-0.3, -0.25) is 20.0 Å². The van der Waals surface area contributed by atoms with Gasteiger partial charge < -0.3 is 32.9 Å². The Balaban J connectivity index is 1.81. The largest absolute Gasteiger partial charge is 0.480 e. The topological polar surface area (TPSA) is 210 Å². The predicted octanol–water partition coefficient (Wildman–Crippen LogP) is 1.99. The number of nitrogens with two attached hydrogens (primary N) is 3. The average Bonchev–Trinajstić information content (AvgIpc) is 2.96. The van der Waals surface area contributed by atoms with Crippen molar-refractivity contribution in [3.63, 3.8) is 0 Å². The van der Waals surface area contributed by atoms with Crippen molar-refractivity contribution in [2.75, 3.05) is 6.54 Å². The molecule has 41 heavy (non-hydrogen) atoms. The van der Waals surface area contributed by atoms with Crippen LogP contribution in [-0.2, 0) is 20.8 Å². The molecule has 2 amide bonds. The Bertz CT molecular complexity index is 1210. The molecule has 0 radical (unpaired) electrons. The van der Waals surface area contributed by atoms with Crippen LogP contribution in [0.1, 0.15) is 67.6 Å². The van der Waals surface area contributed by atoms with E-state index in [-0.39, 0.29) is 36.6 Å². The number of amidine groups is 1. The number of carbonyl (C=O) groups excluding carboxylic acids is 2. The van der Waals surface area contributed by atoms with Gasteiger partial charge >= 0.3 is 5.97 Å². The van der Waals surface area contributed by atoms with Gasteiger partial charge in [0, 0.05) is 12.1 Å². The summed E-state index contributed by atoms with van der Waals surface area (Å²) in [6, 6.07) is 14.5. The average molecular weight is 564 g/mol. The number of carbonyl (C=O) groups is 3. The Morgan fingerprint density at radius 3 is 2.17 bits per heavy atom. The van der Waals surface area contributed by atoms with Crippen LogP contribution in [-0.4, -0.2) is 53.3 Å². The first-order valence-corrected chi connectivity index (χ1v) is 14.0. The molecule has 1 aliphatic carbocycles. The lowest BCUT2D eigenvalue weighted by Crippen LogP contribution is -2.55. The minimum atomic E-state index is -1.16. The number of nitrogens with one attached hydrogen (secondary N) is 3. The fourth-order valence-electron chi connectivity index (χ4n) is 5.24. The van der Waals surface area contributed by atoms with E-state index in [9.17, 15) is 19.5 Å². The maximum Gasteiger partial charge on any atom is 0.326 e. The summed E-state index contributed by atoms with van der Waals surface area (Å²) in [5.74, 6) is -2.78. The Hall–Kier alpha value is -4.41. The predicted molar refractivity (Wildman–Crippen MR) is 158 cm³/mol. The fourth-order valence-corrected chi connectivity index (χ4v) is 5.24. The van der Waals surface area contributed by atoms with Crippen LogP contribution in [0.3, 0.4) is 0 Å². The van der Waals surface area contributed by atoms with E-state index in [2.05, 4.69) is 15.6 Å². The third-order valence-electron chi connectivity index (χ3n) is 7.48. The molecule has 10 N–H and O–H groups in total. The zero-order valence-electron chi connectivity index (χ0n) is 23.2. The van der Waals surface area contributed by atoms with Crippen molar-refractivity contribution in [2.45, 2.75) is 69.4 Å². The van der Waals surface area contributed by atoms with E-state index in [1.54, 1.807) is 12.1 Å². The molecule has 0 saturated heterocycles. The normalized spacial score (nSPS) is 15.6. The van der Waals surface area contributed by atoms with E-state index in [4.69, 9.17) is 22.6 Å². The van der Waals surface area contributed by atoms with Gasteiger partial charge in [0.25, 0.3) is 0 Å². The van der Waals surface area contributed by atoms with E-state index in [1.807, 2.05) is 42.5 Å². The number of amides is 2. The molecule has 1 unspecified atom stereocenters. The highest BCUT2D eigenvalue weighted by atomic mass is 16.4. The first-order valence-electron chi connectivity index (χ1n) is 14.0. The molecular weight excluding hydrogens is 522 g/mol. The first kappa shape index (κ1) is 31.1. The number of aliphatic carboxylic acids is 1. The number of nitrogens with zero attached hydrogens (tertiary/aromatic N) is 1. The van der Waals surface area contributed by atoms with Gasteiger partial charge in [-0.15, -0.1) is 0 Å². The maximum atomic E-state index is 13.9. The number of guanidine groups is 1. The number of benzene rings is 2. The zero-order chi connectivity index (χ0) is 29.8. The minimum Gasteiger partial charge on any atom is -0.480 e. The summed E-state index contributed by atoms with van der Waals surface area (Å²) in [5.41, 5.74) is 18.5. The fraction of sp³-hybridized carbons (Fsp3) is 0.433. The number of carboxylic acids is 1. The zero-order valence-corrected chi connectivity index (χ0v) is 23.2. The van der Waals surface area contributed by atoms with E-state index >= 15 is 0 Å². The number of hydrogen-bond donors (Lipinski definition) is 7. The van der Waals surface area contributed by atoms with Crippen LogP contribution in [0.15, 0.2) is 59.6 Å². The Morgan fingerprint density at radius 1 is 0.927 bits per heavy atom. The van der Waals surface area contributed by atoms with Crippen LogP contribution in [0.25, 0.3) is 0 Å². The van der Waals surface area contributed by atoms with Crippen molar-refractivity contribution < 1.29 is 19.5 Å². The molecular formula is C30H41N7O4. The summed E-state index contributed by atoms with van der Waals surface area (Å²) in [7, 11) is 0. The van der Waals surface area contributed by atoms with E-state index in [0.29, 0.717) is 18.4 Å². The van der Waals surface area contributed by atoms with Crippen molar-refractivity contribution in [1.29, 1.82) is 5.41 Å². The van der Waals surface area contributed by atoms with Gasteiger partial charge in [-0.05, 0) is 49.1 Å².